The summed E-state index contributed by atoms with van der Waals surface area (Å²) in [5.41, 5.74) is -0.186. The predicted molar refractivity (Wildman–Crippen MR) is 94.2 cm³/mol. The maximum absolute atomic E-state index is 12.3. The number of hydroxylamine groups is 1. The Balaban J connectivity index is 2.18. The summed E-state index contributed by atoms with van der Waals surface area (Å²) in [5, 5.41) is 25.8. The van der Waals surface area contributed by atoms with Gasteiger partial charge in [0.05, 0.1) is 22.1 Å². The molecule has 0 radical (unpaired) electrons. The molecule has 2 aromatic carbocycles. The highest BCUT2D eigenvalue weighted by Gasteiger charge is 2.24. The third-order valence-corrected chi connectivity index (χ3v) is 3.44. The Labute approximate surface area is 148 Å². The molecule has 0 unspecified atom stereocenters. The molecule has 0 saturated heterocycles. The molecule has 0 aliphatic heterocycles. The van der Waals surface area contributed by atoms with E-state index in [1.165, 1.54) is 6.07 Å². The Bertz CT molecular complexity index is 837. The second-order valence-corrected chi connectivity index (χ2v) is 5.13. The van der Waals surface area contributed by atoms with Crippen LogP contribution < -0.4 is 10.4 Å². The third kappa shape index (κ3) is 4.30. The molecule has 0 atom stereocenters. The van der Waals surface area contributed by atoms with Crippen LogP contribution in [0.3, 0.4) is 0 Å². The van der Waals surface area contributed by atoms with E-state index in [1.807, 2.05) is 6.92 Å². The monoisotopic (exact) mass is 360 g/mol. The molecule has 1 amide bonds. The number of nitrogens with zero attached hydrogens (tertiary/aromatic N) is 3. The van der Waals surface area contributed by atoms with Gasteiger partial charge in [0.15, 0.2) is 0 Å². The summed E-state index contributed by atoms with van der Waals surface area (Å²) >= 11 is 0. The lowest BCUT2D eigenvalue weighted by Crippen LogP contribution is -2.18. The molecule has 26 heavy (non-hydrogen) atoms. The number of benzene rings is 2. The van der Waals surface area contributed by atoms with Crippen LogP contribution in [0.4, 0.5) is 22.7 Å². The Morgan fingerprint density at radius 2 is 1.69 bits per heavy atom. The van der Waals surface area contributed by atoms with Crippen molar-refractivity contribution in [2.45, 2.75) is 6.92 Å². The zero-order chi connectivity index (χ0) is 19.3. The number of hydrogen-bond acceptors (Lipinski definition) is 7. The van der Waals surface area contributed by atoms with Gasteiger partial charge in [0.25, 0.3) is 5.91 Å². The molecule has 0 spiro atoms. The molecule has 0 saturated carbocycles. The predicted octanol–water partition coefficient (Wildman–Crippen LogP) is 3.14. The van der Waals surface area contributed by atoms with E-state index in [1.54, 1.807) is 36.4 Å². The van der Waals surface area contributed by atoms with Gasteiger partial charge in [0.2, 0.25) is 0 Å². The standard InChI is InChI=1S/C16H16N4O6/c1-3-26-18(2)13-7-4-11(5-8-13)16(21)17-12-6-9-14(19(22)23)15(10-12)20(24)25/h4-10H,3H2,1-2H3,(H,17,21). The second kappa shape index (κ2) is 8.03. The van der Waals surface area contributed by atoms with E-state index in [0.717, 1.165) is 17.8 Å². The fourth-order valence-electron chi connectivity index (χ4n) is 2.20. The van der Waals surface area contributed by atoms with Crippen LogP contribution in [0.15, 0.2) is 42.5 Å². The minimum atomic E-state index is -0.869. The van der Waals surface area contributed by atoms with Crippen molar-refractivity contribution >= 4 is 28.7 Å². The number of nitro benzene ring substituents is 2. The van der Waals surface area contributed by atoms with E-state index in [4.69, 9.17) is 4.84 Å². The van der Waals surface area contributed by atoms with Crippen molar-refractivity contribution in [2.24, 2.45) is 0 Å². The summed E-state index contributed by atoms with van der Waals surface area (Å²) in [5.74, 6) is -0.501. The van der Waals surface area contributed by atoms with E-state index in [2.05, 4.69) is 5.32 Å². The van der Waals surface area contributed by atoms with E-state index < -0.39 is 27.1 Å². The summed E-state index contributed by atoms with van der Waals surface area (Å²) in [7, 11) is 1.73. The molecule has 0 heterocycles. The first-order valence-electron chi connectivity index (χ1n) is 7.54. The minimum absolute atomic E-state index is 0.0859. The van der Waals surface area contributed by atoms with Crippen LogP contribution in [0.1, 0.15) is 17.3 Å². The number of rotatable bonds is 7. The van der Waals surface area contributed by atoms with Crippen LogP contribution in [-0.2, 0) is 4.84 Å². The van der Waals surface area contributed by atoms with Crippen molar-refractivity contribution in [3.05, 3.63) is 68.3 Å². The van der Waals surface area contributed by atoms with Crippen LogP contribution in [0, 0.1) is 20.2 Å². The number of anilines is 2. The third-order valence-electron chi connectivity index (χ3n) is 3.44. The minimum Gasteiger partial charge on any atom is -0.322 e. The van der Waals surface area contributed by atoms with Gasteiger partial charge < -0.3 is 5.32 Å². The highest BCUT2D eigenvalue weighted by Crippen LogP contribution is 2.29. The lowest BCUT2D eigenvalue weighted by Gasteiger charge is -2.17. The number of nitro groups is 2. The molecule has 10 nitrogen and oxygen atoms in total. The maximum Gasteiger partial charge on any atom is 0.348 e. The first kappa shape index (κ1) is 18.8. The van der Waals surface area contributed by atoms with Crippen molar-refractivity contribution in [3.63, 3.8) is 0 Å². The first-order chi connectivity index (χ1) is 12.3. The van der Waals surface area contributed by atoms with Crippen molar-refractivity contribution < 1.29 is 19.5 Å². The number of carbonyl (C=O) groups excluding carboxylic acids is 1. The van der Waals surface area contributed by atoms with Gasteiger partial charge in [-0.25, -0.2) is 0 Å². The maximum atomic E-state index is 12.3. The van der Waals surface area contributed by atoms with Crippen molar-refractivity contribution in [2.75, 3.05) is 24.0 Å². The van der Waals surface area contributed by atoms with Gasteiger partial charge in [-0.1, -0.05) is 0 Å². The fourth-order valence-corrected chi connectivity index (χ4v) is 2.20. The first-order valence-corrected chi connectivity index (χ1v) is 7.54. The van der Waals surface area contributed by atoms with E-state index in [0.29, 0.717) is 12.2 Å². The molecule has 0 aliphatic rings. The zero-order valence-electron chi connectivity index (χ0n) is 14.0. The van der Waals surface area contributed by atoms with Gasteiger partial charge in [-0.3, -0.25) is 34.9 Å². The molecular formula is C16H16N4O6. The second-order valence-electron chi connectivity index (χ2n) is 5.13. The highest BCUT2D eigenvalue weighted by atomic mass is 16.7. The molecular weight excluding hydrogens is 344 g/mol. The molecule has 0 fully saturated rings. The highest BCUT2D eigenvalue weighted by molar-refractivity contribution is 6.04. The zero-order valence-corrected chi connectivity index (χ0v) is 14.0. The van der Waals surface area contributed by atoms with Gasteiger partial charge in [0.1, 0.15) is 0 Å². The van der Waals surface area contributed by atoms with Crippen molar-refractivity contribution in [3.8, 4) is 0 Å². The molecule has 0 aliphatic carbocycles. The molecule has 10 heteroatoms. The Hall–Kier alpha value is -3.53. The number of carbonyl (C=O) groups is 1. The van der Waals surface area contributed by atoms with Crippen LogP contribution >= 0.6 is 0 Å². The quantitative estimate of drug-likeness (QED) is 0.593. The number of amides is 1. The van der Waals surface area contributed by atoms with E-state index in [9.17, 15) is 25.0 Å². The summed E-state index contributed by atoms with van der Waals surface area (Å²) in [4.78, 5) is 37.6. The molecule has 1 N–H and O–H groups in total. The van der Waals surface area contributed by atoms with Crippen LogP contribution in [0.2, 0.25) is 0 Å². The molecule has 2 aromatic rings. The average Bonchev–Trinajstić information content (AvgIpc) is 2.61. The van der Waals surface area contributed by atoms with Gasteiger partial charge in [-0.2, -0.15) is 0 Å². The molecule has 2 rings (SSSR count). The largest absolute Gasteiger partial charge is 0.348 e. The summed E-state index contributed by atoms with van der Waals surface area (Å²) in [6.45, 7) is 2.35. The van der Waals surface area contributed by atoms with Crippen molar-refractivity contribution in [1.82, 2.24) is 0 Å². The Morgan fingerprint density at radius 3 is 2.23 bits per heavy atom. The number of hydrogen-bond donors (Lipinski definition) is 1. The van der Waals surface area contributed by atoms with Gasteiger partial charge >= 0.3 is 11.4 Å². The van der Waals surface area contributed by atoms with Gasteiger partial charge in [-0.05, 0) is 37.3 Å². The Kier molecular flexibility index (Phi) is 5.81. The molecule has 136 valence electrons. The van der Waals surface area contributed by atoms with E-state index >= 15 is 0 Å². The fraction of sp³-hybridized carbons (Fsp3) is 0.188. The smallest absolute Gasteiger partial charge is 0.322 e. The SMILES string of the molecule is CCON(C)c1ccc(C(=O)Nc2ccc([N+](=O)[O-])c([N+](=O)[O-])c2)cc1. The van der Waals surface area contributed by atoms with Crippen LogP contribution in [-0.4, -0.2) is 29.4 Å². The van der Waals surface area contributed by atoms with Crippen molar-refractivity contribution in [1.29, 1.82) is 0 Å². The summed E-state index contributed by atoms with van der Waals surface area (Å²) in [6.07, 6.45) is 0. The lowest BCUT2D eigenvalue weighted by atomic mass is 10.2. The Morgan fingerprint density at radius 1 is 1.08 bits per heavy atom. The lowest BCUT2D eigenvalue weighted by molar-refractivity contribution is -0.422. The van der Waals surface area contributed by atoms with Crippen LogP contribution in [0.5, 0.6) is 0 Å². The van der Waals surface area contributed by atoms with Gasteiger partial charge in [0, 0.05) is 30.4 Å². The number of nitrogens with one attached hydrogen (secondary N) is 1. The van der Waals surface area contributed by atoms with E-state index in [-0.39, 0.29) is 5.69 Å². The topological polar surface area (TPSA) is 128 Å². The van der Waals surface area contributed by atoms with Gasteiger partial charge in [-0.15, -0.1) is 0 Å². The normalized spacial score (nSPS) is 10.2. The molecule has 0 bridgehead atoms. The average molecular weight is 360 g/mol. The summed E-state index contributed by atoms with van der Waals surface area (Å²) in [6, 6.07) is 9.67. The van der Waals surface area contributed by atoms with Crippen LogP contribution in [0.25, 0.3) is 0 Å². The summed E-state index contributed by atoms with van der Waals surface area (Å²) < 4.78 is 0. The molecule has 0 aromatic heterocycles.